The van der Waals surface area contributed by atoms with Gasteiger partial charge in [-0.15, -0.1) is 0 Å². The Labute approximate surface area is 165 Å². The predicted octanol–water partition coefficient (Wildman–Crippen LogP) is 2.78. The number of carboxylic acids is 1. The number of para-hydroxylation sites is 1. The highest BCUT2D eigenvalue weighted by atomic mass is 16.5. The smallest absolute Gasteiger partial charge is 0.303 e. The molecule has 1 aromatic carbocycles. The van der Waals surface area contributed by atoms with Crippen LogP contribution < -0.4 is 4.74 Å². The second kappa shape index (κ2) is 10.0. The molecule has 6 atom stereocenters. The summed E-state index contributed by atoms with van der Waals surface area (Å²) in [6, 6.07) is 9.34. The van der Waals surface area contributed by atoms with E-state index in [4.69, 9.17) is 14.6 Å². The third kappa shape index (κ3) is 5.80. The zero-order valence-corrected chi connectivity index (χ0v) is 16.0. The van der Waals surface area contributed by atoms with Crippen LogP contribution in [0, 0.1) is 11.8 Å². The van der Waals surface area contributed by atoms with Gasteiger partial charge in [-0.1, -0.05) is 36.8 Å². The fourth-order valence-electron chi connectivity index (χ4n) is 4.31. The monoisotopic (exact) mass is 390 g/mol. The van der Waals surface area contributed by atoms with E-state index in [9.17, 15) is 15.0 Å². The second-order valence-corrected chi connectivity index (χ2v) is 7.78. The Hall–Kier alpha value is -1.89. The van der Waals surface area contributed by atoms with Gasteiger partial charge in [-0.05, 0) is 37.3 Å². The summed E-state index contributed by atoms with van der Waals surface area (Å²) in [5.74, 6) is 0.0433. The molecule has 2 aliphatic rings. The minimum Gasteiger partial charge on any atom is -0.491 e. The predicted molar refractivity (Wildman–Crippen MR) is 104 cm³/mol. The van der Waals surface area contributed by atoms with Crippen molar-refractivity contribution in [1.82, 2.24) is 0 Å². The number of carboxylic acid groups (broad SMARTS) is 1. The fourth-order valence-corrected chi connectivity index (χ4v) is 4.31. The Morgan fingerprint density at radius 3 is 2.82 bits per heavy atom. The van der Waals surface area contributed by atoms with Crippen molar-refractivity contribution in [2.45, 2.75) is 62.9 Å². The Bertz CT molecular complexity index is 646. The lowest BCUT2D eigenvalue weighted by Gasteiger charge is -2.23. The zero-order valence-electron chi connectivity index (χ0n) is 16.0. The largest absolute Gasteiger partial charge is 0.491 e. The van der Waals surface area contributed by atoms with Crippen LogP contribution in [0.15, 0.2) is 42.5 Å². The summed E-state index contributed by atoms with van der Waals surface area (Å²) in [5, 5.41) is 29.6. The molecule has 154 valence electrons. The molecule has 1 saturated heterocycles. The van der Waals surface area contributed by atoms with Crippen molar-refractivity contribution in [3.8, 4) is 5.75 Å². The van der Waals surface area contributed by atoms with Crippen molar-refractivity contribution in [2.75, 3.05) is 6.61 Å². The van der Waals surface area contributed by atoms with Crippen LogP contribution in [0.25, 0.3) is 0 Å². The topological polar surface area (TPSA) is 96.2 Å². The number of rotatable bonds is 8. The van der Waals surface area contributed by atoms with Crippen molar-refractivity contribution in [3.63, 3.8) is 0 Å². The van der Waals surface area contributed by atoms with E-state index in [2.05, 4.69) is 0 Å². The summed E-state index contributed by atoms with van der Waals surface area (Å²) in [5.41, 5.74) is 0. The maximum absolute atomic E-state index is 10.8. The van der Waals surface area contributed by atoms with Crippen LogP contribution in [0.3, 0.4) is 0 Å². The number of aliphatic carboxylic acids is 1. The Morgan fingerprint density at radius 1 is 1.29 bits per heavy atom. The first-order chi connectivity index (χ1) is 13.5. The van der Waals surface area contributed by atoms with Gasteiger partial charge in [0.15, 0.2) is 0 Å². The van der Waals surface area contributed by atoms with Crippen LogP contribution >= 0.6 is 0 Å². The minimum absolute atomic E-state index is 0.0501. The lowest BCUT2D eigenvalue weighted by Crippen LogP contribution is -2.25. The van der Waals surface area contributed by atoms with Gasteiger partial charge in [0.05, 0.1) is 18.3 Å². The molecule has 0 amide bonds. The molecule has 0 radical (unpaired) electrons. The SMILES string of the molecule is O=C(O)CC[C@@H]1CCC[C@@H]2[C@@H](/C=C/[C@@H](O)COc3ccccc3)[C@H](O)C[C@@H]2O1. The van der Waals surface area contributed by atoms with Crippen molar-refractivity contribution in [3.05, 3.63) is 42.5 Å². The van der Waals surface area contributed by atoms with Crippen LogP contribution in [-0.4, -0.2) is 52.3 Å². The molecular weight excluding hydrogens is 360 g/mol. The third-order valence-corrected chi connectivity index (χ3v) is 5.72. The highest BCUT2D eigenvalue weighted by Gasteiger charge is 2.43. The first kappa shape index (κ1) is 20.8. The summed E-state index contributed by atoms with van der Waals surface area (Å²) in [7, 11) is 0. The van der Waals surface area contributed by atoms with E-state index in [1.54, 1.807) is 6.08 Å². The van der Waals surface area contributed by atoms with E-state index in [1.807, 2.05) is 36.4 Å². The number of benzene rings is 1. The van der Waals surface area contributed by atoms with Gasteiger partial charge in [0.1, 0.15) is 18.5 Å². The van der Waals surface area contributed by atoms with Crippen LogP contribution in [0.2, 0.25) is 0 Å². The average Bonchev–Trinajstić information content (AvgIpc) is 2.84. The Morgan fingerprint density at radius 2 is 2.07 bits per heavy atom. The average molecular weight is 390 g/mol. The van der Waals surface area contributed by atoms with Gasteiger partial charge < -0.3 is 24.8 Å². The van der Waals surface area contributed by atoms with Crippen LogP contribution in [-0.2, 0) is 9.53 Å². The van der Waals surface area contributed by atoms with Gasteiger partial charge in [-0.2, -0.15) is 0 Å². The minimum atomic E-state index is -0.802. The zero-order chi connectivity index (χ0) is 19.9. The molecule has 0 spiro atoms. The molecule has 3 rings (SSSR count). The van der Waals surface area contributed by atoms with Gasteiger partial charge in [-0.25, -0.2) is 0 Å². The summed E-state index contributed by atoms with van der Waals surface area (Å²) in [6.07, 6.45) is 6.19. The lowest BCUT2D eigenvalue weighted by atomic mass is 9.88. The van der Waals surface area contributed by atoms with E-state index >= 15 is 0 Å². The van der Waals surface area contributed by atoms with Gasteiger partial charge in [0, 0.05) is 18.8 Å². The quantitative estimate of drug-likeness (QED) is 0.591. The van der Waals surface area contributed by atoms with Crippen molar-refractivity contribution in [1.29, 1.82) is 0 Å². The molecule has 1 aromatic rings. The highest BCUT2D eigenvalue weighted by Crippen LogP contribution is 2.42. The fraction of sp³-hybridized carbons (Fsp3) is 0.591. The van der Waals surface area contributed by atoms with Crippen molar-refractivity contribution >= 4 is 5.97 Å². The molecule has 1 aliphatic carbocycles. The number of carbonyl (C=O) groups is 1. The number of fused-ring (bicyclic) bond motifs is 1. The van der Waals surface area contributed by atoms with E-state index < -0.39 is 18.2 Å². The number of aliphatic hydroxyl groups excluding tert-OH is 2. The molecule has 1 aliphatic heterocycles. The number of hydrogen-bond donors (Lipinski definition) is 3. The molecule has 0 aromatic heterocycles. The van der Waals surface area contributed by atoms with E-state index in [0.717, 1.165) is 19.3 Å². The van der Waals surface area contributed by atoms with Crippen molar-refractivity contribution in [2.24, 2.45) is 11.8 Å². The van der Waals surface area contributed by atoms with Crippen LogP contribution in [0.1, 0.15) is 38.5 Å². The molecule has 2 fully saturated rings. The van der Waals surface area contributed by atoms with Gasteiger partial charge in [0.2, 0.25) is 0 Å². The van der Waals surface area contributed by atoms with Crippen LogP contribution in [0.5, 0.6) is 5.75 Å². The Kier molecular flexibility index (Phi) is 7.48. The summed E-state index contributed by atoms with van der Waals surface area (Å²) in [4.78, 5) is 10.8. The second-order valence-electron chi connectivity index (χ2n) is 7.78. The van der Waals surface area contributed by atoms with E-state index in [1.165, 1.54) is 0 Å². The molecule has 3 N–H and O–H groups in total. The number of ether oxygens (including phenoxy) is 2. The number of hydrogen-bond acceptors (Lipinski definition) is 5. The first-order valence-corrected chi connectivity index (χ1v) is 10.1. The summed E-state index contributed by atoms with van der Waals surface area (Å²) in [6.45, 7) is 0.158. The summed E-state index contributed by atoms with van der Waals surface area (Å²) >= 11 is 0. The van der Waals surface area contributed by atoms with Gasteiger partial charge in [-0.3, -0.25) is 4.79 Å². The normalized spacial score (nSPS) is 31.3. The maximum atomic E-state index is 10.8. The molecule has 0 unspecified atom stereocenters. The Balaban J connectivity index is 1.52. The van der Waals surface area contributed by atoms with E-state index in [0.29, 0.717) is 18.6 Å². The van der Waals surface area contributed by atoms with Crippen LogP contribution in [0.4, 0.5) is 0 Å². The summed E-state index contributed by atoms with van der Waals surface area (Å²) < 4.78 is 11.7. The van der Waals surface area contributed by atoms with Gasteiger partial charge >= 0.3 is 5.97 Å². The molecule has 6 nitrogen and oxygen atoms in total. The molecule has 1 saturated carbocycles. The highest BCUT2D eigenvalue weighted by molar-refractivity contribution is 5.66. The van der Waals surface area contributed by atoms with E-state index in [-0.39, 0.29) is 37.1 Å². The molecule has 28 heavy (non-hydrogen) atoms. The molecule has 6 heteroatoms. The van der Waals surface area contributed by atoms with Crippen molar-refractivity contribution < 1.29 is 29.6 Å². The maximum Gasteiger partial charge on any atom is 0.303 e. The molecular formula is C22H30O6. The first-order valence-electron chi connectivity index (χ1n) is 10.1. The standard InChI is InChI=1S/C22H30O6/c23-15(14-27-16-5-2-1-3-6-16)9-11-18-19-8-4-7-17(10-12-22(25)26)28-21(19)13-20(18)24/h1-3,5-6,9,11,15,17-21,23-24H,4,7-8,10,12-14H2,(H,25,26)/b11-9+/t15-,17+,18-,19-,20-,21+/m1/s1. The third-order valence-electron chi connectivity index (χ3n) is 5.72. The number of aliphatic hydroxyl groups is 2. The molecule has 1 heterocycles. The lowest BCUT2D eigenvalue weighted by molar-refractivity contribution is -0.138. The molecule has 0 bridgehead atoms. The van der Waals surface area contributed by atoms with Gasteiger partial charge in [0.25, 0.3) is 0 Å².